The molecule has 0 aromatic heterocycles. The van der Waals surface area contributed by atoms with Crippen LogP contribution in [-0.4, -0.2) is 43.6 Å². The Hall–Kier alpha value is -4.37. The van der Waals surface area contributed by atoms with Gasteiger partial charge in [0.05, 0.1) is 13.2 Å². The first-order chi connectivity index (χ1) is 19.4. The molecule has 0 spiro atoms. The standard InChI is InChI=1S/C31H37N5O4/c1-2-39-30(38)26(32)20-22-14-16-23(17-15-22)29(37)35-31(33)34-21-25-27(36-18-7-4-8-19-36)12-9-13-28(25)40-24-10-5-3-6-11-24/h3,5-6,9-17,26H,2,4,7-8,18-21,32H2,1H3,(H3,33,34,35,37)/t26-/m0/s1. The second-order valence-corrected chi connectivity index (χ2v) is 9.63. The van der Waals surface area contributed by atoms with Gasteiger partial charge in [-0.1, -0.05) is 36.4 Å². The van der Waals surface area contributed by atoms with Crippen LogP contribution in [0.1, 0.15) is 47.7 Å². The predicted octanol–water partition coefficient (Wildman–Crippen LogP) is 4.15. The molecule has 1 atom stereocenters. The molecule has 0 saturated carbocycles. The van der Waals surface area contributed by atoms with Crippen LogP contribution in [0.5, 0.6) is 11.5 Å². The van der Waals surface area contributed by atoms with E-state index >= 15 is 0 Å². The van der Waals surface area contributed by atoms with Crippen molar-refractivity contribution in [2.75, 3.05) is 24.6 Å². The summed E-state index contributed by atoms with van der Waals surface area (Å²) in [5.41, 5.74) is 15.2. The molecule has 1 fully saturated rings. The molecule has 3 aromatic rings. The number of ether oxygens (including phenoxy) is 2. The summed E-state index contributed by atoms with van der Waals surface area (Å²) in [6, 6.07) is 21.7. The maximum absolute atomic E-state index is 12.8. The highest BCUT2D eigenvalue weighted by Gasteiger charge is 2.19. The molecule has 1 aliphatic rings. The minimum atomic E-state index is -0.758. The lowest BCUT2D eigenvalue weighted by molar-refractivity contribution is -0.144. The van der Waals surface area contributed by atoms with E-state index in [1.165, 1.54) is 6.42 Å². The number of piperidine rings is 1. The molecule has 1 saturated heterocycles. The minimum Gasteiger partial charge on any atom is -0.465 e. The fraction of sp³-hybridized carbons (Fsp3) is 0.323. The Labute approximate surface area is 235 Å². The summed E-state index contributed by atoms with van der Waals surface area (Å²) < 4.78 is 11.2. The van der Waals surface area contributed by atoms with Gasteiger partial charge in [-0.3, -0.25) is 14.9 Å². The number of nitrogens with one attached hydrogen (secondary N) is 1. The molecule has 3 aromatic carbocycles. The van der Waals surface area contributed by atoms with Crippen LogP contribution in [0.15, 0.2) is 77.8 Å². The molecule has 9 nitrogen and oxygen atoms in total. The molecule has 1 aliphatic heterocycles. The number of amides is 1. The maximum atomic E-state index is 12.8. The number of aliphatic imine (C=N–C) groups is 1. The second kappa shape index (κ2) is 14.1. The Balaban J connectivity index is 1.45. The van der Waals surface area contributed by atoms with E-state index in [4.69, 9.17) is 20.9 Å². The van der Waals surface area contributed by atoms with Crippen LogP contribution in [0.25, 0.3) is 0 Å². The summed E-state index contributed by atoms with van der Waals surface area (Å²) >= 11 is 0. The van der Waals surface area contributed by atoms with Crippen LogP contribution in [0, 0.1) is 0 Å². The first-order valence-corrected chi connectivity index (χ1v) is 13.7. The van der Waals surface area contributed by atoms with E-state index in [-0.39, 0.29) is 25.0 Å². The van der Waals surface area contributed by atoms with E-state index in [2.05, 4.69) is 21.3 Å². The topological polar surface area (TPSA) is 132 Å². The number of para-hydroxylation sites is 1. The van der Waals surface area contributed by atoms with Crippen molar-refractivity contribution in [3.63, 3.8) is 0 Å². The Morgan fingerprint density at radius 2 is 1.70 bits per heavy atom. The van der Waals surface area contributed by atoms with E-state index in [1.807, 2.05) is 42.5 Å². The summed E-state index contributed by atoms with van der Waals surface area (Å²) in [4.78, 5) is 31.5. The van der Waals surface area contributed by atoms with Gasteiger partial charge in [-0.2, -0.15) is 0 Å². The predicted molar refractivity (Wildman–Crippen MR) is 157 cm³/mol. The lowest BCUT2D eigenvalue weighted by Gasteiger charge is -2.31. The van der Waals surface area contributed by atoms with Crippen molar-refractivity contribution in [3.05, 3.63) is 89.5 Å². The second-order valence-electron chi connectivity index (χ2n) is 9.63. The summed E-state index contributed by atoms with van der Waals surface area (Å²) in [6.45, 7) is 4.19. The average molecular weight is 544 g/mol. The molecule has 0 bridgehead atoms. The molecule has 1 amide bonds. The zero-order valence-corrected chi connectivity index (χ0v) is 22.8. The third-order valence-electron chi connectivity index (χ3n) is 6.69. The molecular weight excluding hydrogens is 506 g/mol. The van der Waals surface area contributed by atoms with E-state index in [0.717, 1.165) is 48.5 Å². The zero-order valence-electron chi connectivity index (χ0n) is 22.8. The van der Waals surface area contributed by atoms with Crippen LogP contribution in [0.4, 0.5) is 5.69 Å². The number of nitrogens with zero attached hydrogens (tertiary/aromatic N) is 2. The number of hydrogen-bond donors (Lipinski definition) is 3. The van der Waals surface area contributed by atoms with E-state index in [0.29, 0.717) is 17.7 Å². The molecule has 4 rings (SSSR count). The smallest absolute Gasteiger partial charge is 0.323 e. The molecule has 5 N–H and O–H groups in total. The van der Waals surface area contributed by atoms with Crippen molar-refractivity contribution in [1.82, 2.24) is 5.32 Å². The molecule has 0 aliphatic carbocycles. The number of nitrogens with two attached hydrogens (primary N) is 2. The highest BCUT2D eigenvalue weighted by atomic mass is 16.5. The molecule has 0 unspecified atom stereocenters. The largest absolute Gasteiger partial charge is 0.465 e. The summed E-state index contributed by atoms with van der Waals surface area (Å²) in [7, 11) is 0. The van der Waals surface area contributed by atoms with Crippen molar-refractivity contribution in [1.29, 1.82) is 0 Å². The molecule has 40 heavy (non-hydrogen) atoms. The van der Waals surface area contributed by atoms with Crippen molar-refractivity contribution in [3.8, 4) is 11.5 Å². The van der Waals surface area contributed by atoms with Crippen LogP contribution in [0.3, 0.4) is 0 Å². The quantitative estimate of drug-likeness (QED) is 0.199. The fourth-order valence-electron chi connectivity index (χ4n) is 4.63. The number of anilines is 1. The van der Waals surface area contributed by atoms with Gasteiger partial charge in [-0.25, -0.2) is 4.99 Å². The third kappa shape index (κ3) is 7.83. The lowest BCUT2D eigenvalue weighted by atomic mass is 10.0. The van der Waals surface area contributed by atoms with Crippen molar-refractivity contribution in [2.24, 2.45) is 16.5 Å². The van der Waals surface area contributed by atoms with Crippen molar-refractivity contribution >= 4 is 23.5 Å². The van der Waals surface area contributed by atoms with Gasteiger partial charge in [0, 0.05) is 29.9 Å². The van der Waals surface area contributed by atoms with E-state index in [9.17, 15) is 9.59 Å². The van der Waals surface area contributed by atoms with Gasteiger partial charge in [-0.15, -0.1) is 0 Å². The van der Waals surface area contributed by atoms with Crippen molar-refractivity contribution in [2.45, 2.75) is 45.2 Å². The lowest BCUT2D eigenvalue weighted by Crippen LogP contribution is -2.37. The zero-order chi connectivity index (χ0) is 28.3. The molecule has 210 valence electrons. The van der Waals surface area contributed by atoms with Crippen LogP contribution in [0.2, 0.25) is 0 Å². The van der Waals surface area contributed by atoms with Gasteiger partial charge in [0.1, 0.15) is 17.5 Å². The molecular formula is C31H37N5O4. The highest BCUT2D eigenvalue weighted by molar-refractivity contribution is 6.05. The van der Waals surface area contributed by atoms with Gasteiger partial charge >= 0.3 is 5.97 Å². The van der Waals surface area contributed by atoms with Crippen LogP contribution < -0.4 is 26.4 Å². The monoisotopic (exact) mass is 543 g/mol. The van der Waals surface area contributed by atoms with Crippen molar-refractivity contribution < 1.29 is 19.1 Å². The van der Waals surface area contributed by atoms with Crippen LogP contribution in [-0.2, 0) is 22.5 Å². The van der Waals surface area contributed by atoms with Gasteiger partial charge in [0.2, 0.25) is 0 Å². The number of benzene rings is 3. The number of rotatable bonds is 10. The van der Waals surface area contributed by atoms with Gasteiger partial charge < -0.3 is 25.8 Å². The number of hydrogen-bond acceptors (Lipinski definition) is 7. The Bertz CT molecular complexity index is 1310. The summed E-state index contributed by atoms with van der Waals surface area (Å²) in [5.74, 6) is 0.614. The van der Waals surface area contributed by atoms with Gasteiger partial charge in [-0.05, 0) is 74.6 Å². The maximum Gasteiger partial charge on any atom is 0.323 e. The van der Waals surface area contributed by atoms with Gasteiger partial charge in [0.15, 0.2) is 5.96 Å². The van der Waals surface area contributed by atoms with Gasteiger partial charge in [0.25, 0.3) is 5.91 Å². The summed E-state index contributed by atoms with van der Waals surface area (Å²) in [6.07, 6.45) is 3.81. The van der Waals surface area contributed by atoms with Crippen LogP contribution >= 0.6 is 0 Å². The molecule has 1 heterocycles. The molecule has 9 heteroatoms. The van der Waals surface area contributed by atoms with E-state index in [1.54, 1.807) is 31.2 Å². The number of esters is 1. The third-order valence-corrected chi connectivity index (χ3v) is 6.69. The normalized spacial score (nSPS) is 14.3. The first kappa shape index (κ1) is 28.6. The van der Waals surface area contributed by atoms with E-state index < -0.39 is 12.0 Å². The number of guanidine groups is 1. The minimum absolute atomic E-state index is 0.0116. The Kier molecular flexibility index (Phi) is 10.1. The number of carbonyl (C=O) groups is 2. The SMILES string of the molecule is CCOC(=O)[C@@H](N)Cc1ccc(C(=O)NC(N)=NCc2c(Oc3ccccc3)cccc2N2CCCCC2)cc1. The number of carbonyl (C=O) groups excluding carboxylic acids is 2. The average Bonchev–Trinajstić information content (AvgIpc) is 2.98. The molecule has 0 radical (unpaired) electrons. The highest BCUT2D eigenvalue weighted by Crippen LogP contribution is 2.34. The fourth-order valence-corrected chi connectivity index (χ4v) is 4.63. The first-order valence-electron chi connectivity index (χ1n) is 13.7. The Morgan fingerprint density at radius 3 is 2.40 bits per heavy atom. The summed E-state index contributed by atoms with van der Waals surface area (Å²) in [5, 5.41) is 2.67. The Morgan fingerprint density at radius 1 is 0.975 bits per heavy atom.